The van der Waals surface area contributed by atoms with Crippen molar-refractivity contribution >= 4 is 29.0 Å². The second kappa shape index (κ2) is 5.27. The molecule has 0 saturated carbocycles. The van der Waals surface area contributed by atoms with Crippen LogP contribution in [0, 0.1) is 0 Å². The van der Waals surface area contributed by atoms with E-state index in [2.05, 4.69) is 10.3 Å². The van der Waals surface area contributed by atoms with Crippen molar-refractivity contribution in [3.05, 3.63) is 47.7 Å². The van der Waals surface area contributed by atoms with E-state index >= 15 is 0 Å². The third kappa shape index (κ3) is 2.83. The van der Waals surface area contributed by atoms with Gasteiger partial charge in [0, 0.05) is 11.3 Å². The summed E-state index contributed by atoms with van der Waals surface area (Å²) < 4.78 is 0. The predicted molar refractivity (Wildman–Crippen MR) is 75.4 cm³/mol. The van der Waals surface area contributed by atoms with Crippen molar-refractivity contribution in [3.8, 4) is 0 Å². The Morgan fingerprint density at radius 3 is 2.25 bits per heavy atom. The molecule has 0 spiro atoms. The van der Waals surface area contributed by atoms with Gasteiger partial charge in [-0.15, -0.1) is 0 Å². The number of nitrogens with two attached hydrogens (primary N) is 3. The molecule has 2 aromatic rings. The van der Waals surface area contributed by atoms with Gasteiger partial charge in [-0.05, 0) is 30.3 Å². The number of primary amides is 2. The molecular formula is C13H13N5O2. The first-order valence-electron chi connectivity index (χ1n) is 5.69. The minimum absolute atomic E-state index is 0.191. The van der Waals surface area contributed by atoms with E-state index in [1.54, 1.807) is 24.3 Å². The molecule has 102 valence electrons. The molecule has 0 aliphatic heterocycles. The summed E-state index contributed by atoms with van der Waals surface area (Å²) in [5.41, 5.74) is 17.4. The van der Waals surface area contributed by atoms with Gasteiger partial charge in [0.05, 0.1) is 17.4 Å². The zero-order valence-corrected chi connectivity index (χ0v) is 10.5. The molecule has 1 aromatic carbocycles. The van der Waals surface area contributed by atoms with Gasteiger partial charge in [-0.2, -0.15) is 0 Å². The van der Waals surface area contributed by atoms with Gasteiger partial charge in [0.25, 0.3) is 5.91 Å². The van der Waals surface area contributed by atoms with Crippen LogP contribution in [0.25, 0.3) is 0 Å². The number of carbonyl (C=O) groups excluding carboxylic acids is 2. The number of nitrogen functional groups attached to an aromatic ring is 1. The fourth-order valence-corrected chi connectivity index (χ4v) is 1.61. The first-order chi connectivity index (χ1) is 9.47. The van der Waals surface area contributed by atoms with Crippen molar-refractivity contribution in [1.29, 1.82) is 0 Å². The molecule has 0 atom stereocenters. The standard InChI is InChI=1S/C13H13N5O2/c14-10-6-17-11(5-9(10)13(16)20)18-8-3-1-7(2-4-8)12(15)19/h1-6H,14H2,(H2,15,19)(H2,16,20)(H,17,18). The highest BCUT2D eigenvalue weighted by Crippen LogP contribution is 2.19. The third-order valence-electron chi connectivity index (χ3n) is 2.64. The summed E-state index contributed by atoms with van der Waals surface area (Å²) in [5.74, 6) is -0.713. The van der Waals surface area contributed by atoms with E-state index in [0.29, 0.717) is 17.1 Å². The minimum Gasteiger partial charge on any atom is -0.397 e. The molecule has 7 heteroatoms. The first kappa shape index (κ1) is 13.3. The van der Waals surface area contributed by atoms with Gasteiger partial charge in [0.15, 0.2) is 0 Å². The fourth-order valence-electron chi connectivity index (χ4n) is 1.61. The van der Waals surface area contributed by atoms with Crippen molar-refractivity contribution in [3.63, 3.8) is 0 Å². The summed E-state index contributed by atoms with van der Waals surface area (Å²) in [6.45, 7) is 0. The van der Waals surface area contributed by atoms with E-state index in [0.717, 1.165) is 0 Å². The van der Waals surface area contributed by atoms with Gasteiger partial charge >= 0.3 is 0 Å². The topological polar surface area (TPSA) is 137 Å². The van der Waals surface area contributed by atoms with E-state index in [9.17, 15) is 9.59 Å². The SMILES string of the molecule is NC(=O)c1ccc(Nc2cc(C(N)=O)c(N)cn2)cc1. The molecule has 0 aliphatic rings. The zero-order valence-electron chi connectivity index (χ0n) is 10.5. The number of hydrogen-bond donors (Lipinski definition) is 4. The lowest BCUT2D eigenvalue weighted by molar-refractivity contribution is 0.0992. The molecule has 7 nitrogen and oxygen atoms in total. The summed E-state index contributed by atoms with van der Waals surface area (Å²) >= 11 is 0. The van der Waals surface area contributed by atoms with Crippen molar-refractivity contribution < 1.29 is 9.59 Å². The van der Waals surface area contributed by atoms with E-state index in [4.69, 9.17) is 17.2 Å². The van der Waals surface area contributed by atoms with Crippen LogP contribution in [-0.2, 0) is 0 Å². The average molecular weight is 271 g/mol. The Morgan fingerprint density at radius 2 is 1.70 bits per heavy atom. The van der Waals surface area contributed by atoms with Gasteiger partial charge in [0.2, 0.25) is 5.91 Å². The Hall–Kier alpha value is -3.09. The molecule has 0 fully saturated rings. The second-order valence-electron chi connectivity index (χ2n) is 4.09. The highest BCUT2D eigenvalue weighted by Gasteiger charge is 2.08. The zero-order chi connectivity index (χ0) is 14.7. The number of hydrogen-bond acceptors (Lipinski definition) is 5. The van der Waals surface area contributed by atoms with Crippen molar-refractivity contribution in [2.45, 2.75) is 0 Å². The van der Waals surface area contributed by atoms with Gasteiger partial charge < -0.3 is 22.5 Å². The number of anilines is 3. The maximum atomic E-state index is 11.2. The van der Waals surface area contributed by atoms with E-state index in [1.807, 2.05) is 0 Å². The molecule has 0 radical (unpaired) electrons. The van der Waals surface area contributed by atoms with Crippen LogP contribution < -0.4 is 22.5 Å². The lowest BCUT2D eigenvalue weighted by Gasteiger charge is -2.08. The molecule has 0 unspecified atom stereocenters. The second-order valence-corrected chi connectivity index (χ2v) is 4.09. The van der Waals surface area contributed by atoms with Gasteiger partial charge in [-0.25, -0.2) is 4.98 Å². The van der Waals surface area contributed by atoms with Gasteiger partial charge in [-0.1, -0.05) is 0 Å². The van der Waals surface area contributed by atoms with Gasteiger partial charge in [0.1, 0.15) is 5.82 Å². The first-order valence-corrected chi connectivity index (χ1v) is 5.69. The molecule has 2 amide bonds. The quantitative estimate of drug-likeness (QED) is 0.645. The number of amides is 2. The molecule has 1 heterocycles. The normalized spacial score (nSPS) is 10.0. The lowest BCUT2D eigenvalue weighted by atomic mass is 10.2. The molecule has 2 rings (SSSR count). The van der Waals surface area contributed by atoms with E-state index in [-0.39, 0.29) is 11.3 Å². The van der Waals surface area contributed by atoms with Crippen LogP contribution in [0.2, 0.25) is 0 Å². The Balaban J connectivity index is 2.23. The smallest absolute Gasteiger partial charge is 0.250 e. The monoisotopic (exact) mass is 271 g/mol. The van der Waals surface area contributed by atoms with Crippen molar-refractivity contribution in [1.82, 2.24) is 4.98 Å². The lowest BCUT2D eigenvalue weighted by Crippen LogP contribution is -2.14. The number of benzene rings is 1. The number of rotatable bonds is 4. The Labute approximate surface area is 114 Å². The van der Waals surface area contributed by atoms with Crippen LogP contribution in [-0.4, -0.2) is 16.8 Å². The number of nitrogens with zero attached hydrogens (tertiary/aromatic N) is 1. The molecule has 0 aliphatic carbocycles. The van der Waals surface area contributed by atoms with Crippen LogP contribution in [0.3, 0.4) is 0 Å². The number of pyridine rings is 1. The van der Waals surface area contributed by atoms with E-state index in [1.165, 1.54) is 12.3 Å². The number of carbonyl (C=O) groups is 2. The summed E-state index contributed by atoms with van der Waals surface area (Å²) in [6, 6.07) is 7.96. The van der Waals surface area contributed by atoms with Crippen LogP contribution in [0.15, 0.2) is 36.5 Å². The molecule has 7 N–H and O–H groups in total. The summed E-state index contributed by atoms with van der Waals surface area (Å²) in [5, 5.41) is 2.97. The number of aromatic nitrogens is 1. The van der Waals surface area contributed by atoms with Crippen molar-refractivity contribution in [2.75, 3.05) is 11.1 Å². The summed E-state index contributed by atoms with van der Waals surface area (Å²) in [4.78, 5) is 26.2. The molecular weight excluding hydrogens is 258 g/mol. The fraction of sp³-hybridized carbons (Fsp3) is 0. The van der Waals surface area contributed by atoms with Gasteiger partial charge in [-0.3, -0.25) is 9.59 Å². The molecule has 0 saturated heterocycles. The highest BCUT2D eigenvalue weighted by atomic mass is 16.1. The van der Waals surface area contributed by atoms with E-state index < -0.39 is 11.8 Å². The summed E-state index contributed by atoms with van der Waals surface area (Å²) in [7, 11) is 0. The Bertz CT molecular complexity index is 667. The largest absolute Gasteiger partial charge is 0.397 e. The van der Waals surface area contributed by atoms with Crippen LogP contribution in [0.5, 0.6) is 0 Å². The predicted octanol–water partition coefficient (Wildman–Crippen LogP) is 0.605. The Kier molecular flexibility index (Phi) is 3.52. The Morgan fingerprint density at radius 1 is 1.05 bits per heavy atom. The van der Waals surface area contributed by atoms with Crippen LogP contribution in [0.1, 0.15) is 20.7 Å². The third-order valence-corrected chi connectivity index (χ3v) is 2.64. The minimum atomic E-state index is -0.628. The van der Waals surface area contributed by atoms with Crippen LogP contribution >= 0.6 is 0 Å². The van der Waals surface area contributed by atoms with Crippen molar-refractivity contribution in [2.24, 2.45) is 11.5 Å². The maximum absolute atomic E-state index is 11.2. The average Bonchev–Trinajstić information content (AvgIpc) is 2.41. The molecule has 20 heavy (non-hydrogen) atoms. The summed E-state index contributed by atoms with van der Waals surface area (Å²) in [6.07, 6.45) is 1.35. The number of nitrogens with one attached hydrogen (secondary N) is 1. The molecule has 1 aromatic heterocycles. The highest BCUT2D eigenvalue weighted by molar-refractivity contribution is 5.98. The maximum Gasteiger partial charge on any atom is 0.250 e. The van der Waals surface area contributed by atoms with Crippen LogP contribution in [0.4, 0.5) is 17.2 Å². The molecule has 0 bridgehead atoms.